The number of hydrogen-bond donors (Lipinski definition) is 1. The zero-order chi connectivity index (χ0) is 10.7. The maximum absolute atomic E-state index is 11.5. The SMILES string of the molecule is N#Cc1ccc(-c2ccc[nH]c2=O)cc1. The molecule has 3 heteroatoms. The van der Waals surface area contributed by atoms with Gasteiger partial charge in [-0.1, -0.05) is 12.1 Å². The molecular weight excluding hydrogens is 188 g/mol. The van der Waals surface area contributed by atoms with Crippen LogP contribution in [0.4, 0.5) is 0 Å². The van der Waals surface area contributed by atoms with Crippen LogP contribution in [0.25, 0.3) is 11.1 Å². The molecular formula is C12H8N2O. The first-order chi connectivity index (χ1) is 7.31. The van der Waals surface area contributed by atoms with Gasteiger partial charge in [0.15, 0.2) is 0 Å². The van der Waals surface area contributed by atoms with E-state index in [-0.39, 0.29) is 5.56 Å². The molecule has 0 aliphatic heterocycles. The Kier molecular flexibility index (Phi) is 2.34. The third-order valence-electron chi connectivity index (χ3n) is 2.14. The average Bonchev–Trinajstić information content (AvgIpc) is 2.30. The van der Waals surface area contributed by atoms with E-state index in [1.165, 1.54) is 0 Å². The predicted octanol–water partition coefficient (Wildman–Crippen LogP) is 1.91. The summed E-state index contributed by atoms with van der Waals surface area (Å²) in [5.41, 5.74) is 1.89. The summed E-state index contributed by atoms with van der Waals surface area (Å²) in [5.74, 6) is 0. The Morgan fingerprint density at radius 3 is 2.47 bits per heavy atom. The molecule has 0 radical (unpaired) electrons. The number of hydrogen-bond acceptors (Lipinski definition) is 2. The molecule has 0 saturated heterocycles. The van der Waals surface area contributed by atoms with Crippen molar-refractivity contribution in [2.45, 2.75) is 0 Å². The van der Waals surface area contributed by atoms with Crippen molar-refractivity contribution in [1.82, 2.24) is 4.98 Å². The quantitative estimate of drug-likeness (QED) is 0.757. The van der Waals surface area contributed by atoms with Gasteiger partial charge in [-0.05, 0) is 29.8 Å². The second kappa shape index (κ2) is 3.81. The highest BCUT2D eigenvalue weighted by Gasteiger charge is 2.01. The number of nitrogens with one attached hydrogen (secondary N) is 1. The Hall–Kier alpha value is -2.34. The summed E-state index contributed by atoms with van der Waals surface area (Å²) in [5, 5.41) is 8.64. The molecule has 0 saturated carbocycles. The van der Waals surface area contributed by atoms with Gasteiger partial charge in [0.2, 0.25) is 0 Å². The number of aromatic nitrogens is 1. The lowest BCUT2D eigenvalue weighted by Crippen LogP contribution is -2.06. The number of aromatic amines is 1. The van der Waals surface area contributed by atoms with E-state index < -0.39 is 0 Å². The monoisotopic (exact) mass is 196 g/mol. The van der Waals surface area contributed by atoms with Crippen molar-refractivity contribution >= 4 is 0 Å². The zero-order valence-electron chi connectivity index (χ0n) is 7.90. The second-order valence-corrected chi connectivity index (χ2v) is 3.10. The van der Waals surface area contributed by atoms with Crippen LogP contribution in [0.5, 0.6) is 0 Å². The van der Waals surface area contributed by atoms with Crippen LogP contribution >= 0.6 is 0 Å². The Morgan fingerprint density at radius 2 is 1.87 bits per heavy atom. The van der Waals surface area contributed by atoms with Crippen LogP contribution in [0.15, 0.2) is 47.4 Å². The van der Waals surface area contributed by atoms with Crippen molar-refractivity contribution in [1.29, 1.82) is 5.26 Å². The number of pyridine rings is 1. The lowest BCUT2D eigenvalue weighted by atomic mass is 10.1. The molecule has 0 bridgehead atoms. The maximum Gasteiger partial charge on any atom is 0.255 e. The van der Waals surface area contributed by atoms with E-state index in [1.54, 1.807) is 42.6 Å². The van der Waals surface area contributed by atoms with E-state index in [2.05, 4.69) is 4.98 Å². The molecule has 0 fully saturated rings. The molecule has 1 N–H and O–H groups in total. The van der Waals surface area contributed by atoms with Gasteiger partial charge in [0, 0.05) is 11.8 Å². The predicted molar refractivity (Wildman–Crippen MR) is 57.2 cm³/mol. The first-order valence-corrected chi connectivity index (χ1v) is 4.49. The van der Waals surface area contributed by atoms with E-state index in [0.717, 1.165) is 5.56 Å². The van der Waals surface area contributed by atoms with Gasteiger partial charge in [0.05, 0.1) is 11.6 Å². The highest BCUT2D eigenvalue weighted by molar-refractivity contribution is 5.62. The van der Waals surface area contributed by atoms with Gasteiger partial charge in [0.25, 0.3) is 5.56 Å². The van der Waals surface area contributed by atoms with Crippen molar-refractivity contribution in [2.24, 2.45) is 0 Å². The van der Waals surface area contributed by atoms with Gasteiger partial charge in [-0.2, -0.15) is 5.26 Å². The largest absolute Gasteiger partial charge is 0.329 e. The number of H-pyrrole nitrogens is 1. The molecule has 3 nitrogen and oxygen atoms in total. The van der Waals surface area contributed by atoms with E-state index in [9.17, 15) is 4.79 Å². The summed E-state index contributed by atoms with van der Waals surface area (Å²) in [4.78, 5) is 14.1. The lowest BCUT2D eigenvalue weighted by Gasteiger charge is -1.99. The summed E-state index contributed by atoms with van der Waals surface area (Å²) in [6.45, 7) is 0. The van der Waals surface area contributed by atoms with Gasteiger partial charge in [-0.15, -0.1) is 0 Å². The van der Waals surface area contributed by atoms with Gasteiger partial charge in [-0.25, -0.2) is 0 Å². The van der Waals surface area contributed by atoms with Crippen molar-refractivity contribution in [3.05, 3.63) is 58.5 Å². The van der Waals surface area contributed by atoms with Crippen molar-refractivity contribution in [2.75, 3.05) is 0 Å². The molecule has 2 rings (SSSR count). The molecule has 0 spiro atoms. The standard InChI is InChI=1S/C12H8N2O/c13-8-9-3-5-10(6-4-9)11-2-1-7-14-12(11)15/h1-7H,(H,14,15). The minimum Gasteiger partial charge on any atom is -0.329 e. The molecule has 0 amide bonds. The summed E-state index contributed by atoms with van der Waals surface area (Å²) in [7, 11) is 0. The van der Waals surface area contributed by atoms with Crippen LogP contribution in [0.2, 0.25) is 0 Å². The zero-order valence-corrected chi connectivity index (χ0v) is 7.90. The lowest BCUT2D eigenvalue weighted by molar-refractivity contribution is 1.24. The first-order valence-electron chi connectivity index (χ1n) is 4.49. The third-order valence-corrected chi connectivity index (χ3v) is 2.14. The van der Waals surface area contributed by atoms with Crippen LogP contribution in [-0.4, -0.2) is 4.98 Å². The number of nitrogens with zero attached hydrogens (tertiary/aromatic N) is 1. The molecule has 1 aromatic carbocycles. The third kappa shape index (κ3) is 1.79. The molecule has 1 heterocycles. The van der Waals surface area contributed by atoms with Crippen molar-refractivity contribution in [3.63, 3.8) is 0 Å². The topological polar surface area (TPSA) is 56.6 Å². The molecule has 15 heavy (non-hydrogen) atoms. The molecule has 2 aromatic rings. The minimum absolute atomic E-state index is 0.123. The molecule has 0 aliphatic carbocycles. The molecule has 0 unspecified atom stereocenters. The van der Waals surface area contributed by atoms with Gasteiger partial charge in [-0.3, -0.25) is 4.79 Å². The second-order valence-electron chi connectivity index (χ2n) is 3.10. The van der Waals surface area contributed by atoms with Crippen LogP contribution < -0.4 is 5.56 Å². The number of benzene rings is 1. The van der Waals surface area contributed by atoms with Crippen molar-refractivity contribution < 1.29 is 0 Å². The van der Waals surface area contributed by atoms with Crippen LogP contribution in [0.1, 0.15) is 5.56 Å². The fourth-order valence-electron chi connectivity index (χ4n) is 1.37. The fraction of sp³-hybridized carbons (Fsp3) is 0. The fourth-order valence-corrected chi connectivity index (χ4v) is 1.37. The van der Waals surface area contributed by atoms with Gasteiger partial charge < -0.3 is 4.98 Å². The summed E-state index contributed by atoms with van der Waals surface area (Å²) in [6.07, 6.45) is 1.59. The van der Waals surface area contributed by atoms with E-state index in [1.807, 2.05) is 6.07 Å². The summed E-state index contributed by atoms with van der Waals surface area (Å²) < 4.78 is 0. The number of rotatable bonds is 1. The van der Waals surface area contributed by atoms with Gasteiger partial charge >= 0.3 is 0 Å². The molecule has 0 aliphatic rings. The first kappa shape index (κ1) is 9.22. The van der Waals surface area contributed by atoms with Crippen LogP contribution in [0.3, 0.4) is 0 Å². The van der Waals surface area contributed by atoms with E-state index >= 15 is 0 Å². The Bertz CT molecular complexity index is 561. The molecule has 1 aromatic heterocycles. The molecule has 72 valence electrons. The molecule has 0 atom stereocenters. The van der Waals surface area contributed by atoms with Gasteiger partial charge in [0.1, 0.15) is 0 Å². The highest BCUT2D eigenvalue weighted by atomic mass is 16.1. The van der Waals surface area contributed by atoms with Crippen LogP contribution in [0, 0.1) is 11.3 Å². The summed E-state index contributed by atoms with van der Waals surface area (Å²) in [6, 6.07) is 12.5. The van der Waals surface area contributed by atoms with E-state index in [0.29, 0.717) is 11.1 Å². The highest BCUT2D eigenvalue weighted by Crippen LogP contribution is 2.14. The Labute approximate surface area is 86.6 Å². The maximum atomic E-state index is 11.5. The smallest absolute Gasteiger partial charge is 0.255 e. The average molecular weight is 196 g/mol. The Balaban J connectivity index is 2.52. The normalized spacial score (nSPS) is 9.53. The number of nitriles is 1. The Morgan fingerprint density at radius 1 is 1.13 bits per heavy atom. The van der Waals surface area contributed by atoms with E-state index in [4.69, 9.17) is 5.26 Å². The van der Waals surface area contributed by atoms with Crippen LogP contribution in [-0.2, 0) is 0 Å². The summed E-state index contributed by atoms with van der Waals surface area (Å²) >= 11 is 0. The van der Waals surface area contributed by atoms with Crippen molar-refractivity contribution in [3.8, 4) is 17.2 Å². The minimum atomic E-state index is -0.123.